The molecule has 0 bridgehead atoms. The summed E-state index contributed by atoms with van der Waals surface area (Å²) in [5.41, 5.74) is 2.34. The molecule has 128 valence electrons. The van der Waals surface area contributed by atoms with Gasteiger partial charge in [0.05, 0.1) is 11.9 Å². The van der Waals surface area contributed by atoms with E-state index in [4.69, 9.17) is 0 Å². The van der Waals surface area contributed by atoms with Crippen LogP contribution in [0.3, 0.4) is 0 Å². The summed E-state index contributed by atoms with van der Waals surface area (Å²) in [7, 11) is 0. The number of carbonyl (C=O) groups is 1. The molecule has 1 aliphatic rings. The molecule has 7 nitrogen and oxygen atoms in total. The molecule has 4 heterocycles. The fraction of sp³-hybridized carbons (Fsp3) is 0.294. The number of thiazole rings is 1. The van der Waals surface area contributed by atoms with Crippen molar-refractivity contribution in [3.05, 3.63) is 48.0 Å². The van der Waals surface area contributed by atoms with Crippen molar-refractivity contribution in [3.63, 3.8) is 0 Å². The van der Waals surface area contributed by atoms with E-state index < -0.39 is 0 Å². The van der Waals surface area contributed by atoms with Crippen molar-refractivity contribution in [2.24, 2.45) is 0 Å². The number of aromatic nitrogens is 4. The highest BCUT2D eigenvalue weighted by Gasteiger charge is 2.23. The Bertz CT molecular complexity index is 874. The van der Waals surface area contributed by atoms with Crippen molar-refractivity contribution < 1.29 is 4.79 Å². The van der Waals surface area contributed by atoms with Crippen molar-refractivity contribution >= 4 is 17.2 Å². The van der Waals surface area contributed by atoms with Crippen LogP contribution < -0.4 is 5.32 Å². The maximum Gasteiger partial charge on any atom is 0.273 e. The second-order valence-corrected chi connectivity index (χ2v) is 6.88. The summed E-state index contributed by atoms with van der Waals surface area (Å²) in [6.45, 7) is 4.34. The number of piperazine rings is 1. The highest BCUT2D eigenvalue weighted by Crippen LogP contribution is 2.25. The Hall–Kier alpha value is -2.58. The van der Waals surface area contributed by atoms with Gasteiger partial charge in [0.15, 0.2) is 0 Å². The van der Waals surface area contributed by atoms with E-state index in [1.54, 1.807) is 23.3 Å². The van der Waals surface area contributed by atoms with Gasteiger partial charge in [-0.2, -0.15) is 5.10 Å². The monoisotopic (exact) mass is 354 g/mol. The number of nitrogens with one attached hydrogen (secondary N) is 1. The third-order valence-electron chi connectivity index (χ3n) is 4.14. The van der Waals surface area contributed by atoms with Crippen LogP contribution in [0.2, 0.25) is 0 Å². The van der Waals surface area contributed by atoms with Gasteiger partial charge in [-0.1, -0.05) is 0 Å². The van der Waals surface area contributed by atoms with Crippen molar-refractivity contribution in [2.45, 2.75) is 13.0 Å². The van der Waals surface area contributed by atoms with E-state index in [0.29, 0.717) is 18.3 Å². The lowest BCUT2D eigenvalue weighted by atomic mass is 10.2. The molecule has 0 unspecified atom stereocenters. The van der Waals surface area contributed by atoms with Crippen molar-refractivity contribution in [3.8, 4) is 16.3 Å². The van der Waals surface area contributed by atoms with Crippen LogP contribution in [0.1, 0.15) is 17.4 Å². The summed E-state index contributed by atoms with van der Waals surface area (Å²) in [4.78, 5) is 23.0. The number of hydrogen-bond donors (Lipinski definition) is 1. The first-order valence-corrected chi connectivity index (χ1v) is 9.02. The summed E-state index contributed by atoms with van der Waals surface area (Å²) < 4.78 is 1.78. The molecule has 3 aromatic rings. The third kappa shape index (κ3) is 3.31. The van der Waals surface area contributed by atoms with E-state index in [1.165, 1.54) is 11.3 Å². The number of rotatable bonds is 3. The molecule has 4 rings (SSSR count). The Labute approximate surface area is 149 Å². The fourth-order valence-corrected chi connectivity index (χ4v) is 3.62. The van der Waals surface area contributed by atoms with Gasteiger partial charge in [0.25, 0.3) is 5.91 Å². The molecule has 0 spiro atoms. The van der Waals surface area contributed by atoms with Gasteiger partial charge in [0.2, 0.25) is 0 Å². The Morgan fingerprint density at radius 1 is 1.36 bits per heavy atom. The van der Waals surface area contributed by atoms with Crippen LogP contribution in [0.4, 0.5) is 0 Å². The molecule has 8 heteroatoms. The van der Waals surface area contributed by atoms with Gasteiger partial charge in [-0.15, -0.1) is 11.3 Å². The van der Waals surface area contributed by atoms with Gasteiger partial charge in [-0.05, 0) is 19.1 Å². The Morgan fingerprint density at radius 2 is 2.20 bits per heavy atom. The van der Waals surface area contributed by atoms with Gasteiger partial charge in [-0.25, -0.2) is 9.67 Å². The molecule has 0 aliphatic carbocycles. The quantitative estimate of drug-likeness (QED) is 0.776. The molecule has 1 saturated heterocycles. The van der Waals surface area contributed by atoms with Crippen molar-refractivity contribution in [1.29, 1.82) is 0 Å². The fourth-order valence-electron chi connectivity index (χ4n) is 2.85. The van der Waals surface area contributed by atoms with Crippen LogP contribution in [0.25, 0.3) is 16.3 Å². The SMILES string of the molecule is C[C@H]1CN(C(=O)c2csc(-c3cnn(-c4ccncc4)c3)n2)CCN1. The Morgan fingerprint density at radius 3 is 3.00 bits per heavy atom. The first-order chi connectivity index (χ1) is 12.2. The molecule has 1 amide bonds. The van der Waals surface area contributed by atoms with E-state index in [9.17, 15) is 4.79 Å². The third-order valence-corrected chi connectivity index (χ3v) is 5.03. The van der Waals surface area contributed by atoms with Crippen LogP contribution in [-0.4, -0.2) is 56.2 Å². The zero-order valence-corrected chi connectivity index (χ0v) is 14.6. The van der Waals surface area contributed by atoms with Gasteiger partial charge in [-0.3, -0.25) is 9.78 Å². The van der Waals surface area contributed by atoms with E-state index >= 15 is 0 Å². The van der Waals surface area contributed by atoms with Gasteiger partial charge in [0.1, 0.15) is 10.7 Å². The largest absolute Gasteiger partial charge is 0.334 e. The summed E-state index contributed by atoms with van der Waals surface area (Å²) in [5, 5.41) is 10.3. The van der Waals surface area contributed by atoms with Crippen LogP contribution >= 0.6 is 11.3 Å². The first-order valence-electron chi connectivity index (χ1n) is 8.14. The number of pyridine rings is 1. The normalized spacial score (nSPS) is 17.6. The smallest absolute Gasteiger partial charge is 0.273 e. The van der Waals surface area contributed by atoms with Crippen LogP contribution in [0, 0.1) is 0 Å². The lowest BCUT2D eigenvalue weighted by Gasteiger charge is -2.31. The van der Waals surface area contributed by atoms with E-state index in [-0.39, 0.29) is 5.91 Å². The number of hydrogen-bond acceptors (Lipinski definition) is 6. The maximum atomic E-state index is 12.6. The summed E-state index contributed by atoms with van der Waals surface area (Å²) in [5.74, 6) is -0.00243. The van der Waals surface area contributed by atoms with Crippen LogP contribution in [-0.2, 0) is 0 Å². The molecule has 0 radical (unpaired) electrons. The molecule has 3 aromatic heterocycles. The van der Waals surface area contributed by atoms with Gasteiger partial charge < -0.3 is 10.2 Å². The molecule has 1 fully saturated rings. The zero-order chi connectivity index (χ0) is 17.2. The lowest BCUT2D eigenvalue weighted by Crippen LogP contribution is -2.51. The van der Waals surface area contributed by atoms with E-state index in [0.717, 1.165) is 29.3 Å². The minimum absolute atomic E-state index is 0.00243. The molecule has 1 aliphatic heterocycles. The highest BCUT2D eigenvalue weighted by molar-refractivity contribution is 7.13. The molecule has 0 aromatic carbocycles. The summed E-state index contributed by atoms with van der Waals surface area (Å²) in [6, 6.07) is 4.09. The molecule has 0 saturated carbocycles. The second-order valence-electron chi connectivity index (χ2n) is 6.02. The maximum absolute atomic E-state index is 12.6. The van der Waals surface area contributed by atoms with E-state index in [2.05, 4.69) is 27.3 Å². The number of amides is 1. The predicted octanol–water partition coefficient (Wildman–Crippen LogP) is 1.82. The average molecular weight is 354 g/mol. The van der Waals surface area contributed by atoms with Crippen LogP contribution in [0.15, 0.2) is 42.3 Å². The molecule has 1 N–H and O–H groups in total. The first kappa shape index (κ1) is 15.9. The molecular weight excluding hydrogens is 336 g/mol. The van der Waals surface area contributed by atoms with Gasteiger partial charge >= 0.3 is 0 Å². The Kier molecular flexibility index (Phi) is 4.29. The predicted molar refractivity (Wildman–Crippen MR) is 95.8 cm³/mol. The number of nitrogens with zero attached hydrogens (tertiary/aromatic N) is 5. The molecule has 1 atom stereocenters. The number of carbonyl (C=O) groups excluding carboxylic acids is 1. The van der Waals surface area contributed by atoms with E-state index in [1.807, 2.05) is 28.6 Å². The minimum Gasteiger partial charge on any atom is -0.334 e. The highest BCUT2D eigenvalue weighted by atomic mass is 32.1. The Balaban J connectivity index is 1.53. The molecule has 25 heavy (non-hydrogen) atoms. The lowest BCUT2D eigenvalue weighted by molar-refractivity contribution is 0.0704. The topological polar surface area (TPSA) is 75.9 Å². The summed E-state index contributed by atoms with van der Waals surface area (Å²) >= 11 is 1.46. The van der Waals surface area contributed by atoms with Crippen molar-refractivity contribution in [1.82, 2.24) is 30.0 Å². The molecular formula is C17H18N6OS. The summed E-state index contributed by atoms with van der Waals surface area (Å²) in [6.07, 6.45) is 7.13. The van der Waals surface area contributed by atoms with Gasteiger partial charge in [0, 0.05) is 55.2 Å². The van der Waals surface area contributed by atoms with Crippen LogP contribution in [0.5, 0.6) is 0 Å². The average Bonchev–Trinajstić information content (AvgIpc) is 3.31. The standard InChI is InChI=1S/C17H18N6OS/c1-12-9-22(7-6-19-12)17(24)15-11-25-16(21-15)13-8-20-23(10-13)14-2-4-18-5-3-14/h2-5,8,10-12,19H,6-7,9H2,1H3/t12-/m0/s1. The van der Waals surface area contributed by atoms with Crippen molar-refractivity contribution in [2.75, 3.05) is 19.6 Å². The second kappa shape index (κ2) is 6.73. The zero-order valence-electron chi connectivity index (χ0n) is 13.8. The minimum atomic E-state index is -0.00243.